The summed E-state index contributed by atoms with van der Waals surface area (Å²) in [5.41, 5.74) is 6.63. The summed E-state index contributed by atoms with van der Waals surface area (Å²) in [4.78, 5) is 14.4. The molecule has 19 heavy (non-hydrogen) atoms. The van der Waals surface area contributed by atoms with E-state index in [-0.39, 0.29) is 11.3 Å². The van der Waals surface area contributed by atoms with Crippen LogP contribution in [0.3, 0.4) is 0 Å². The first kappa shape index (κ1) is 14.4. The van der Waals surface area contributed by atoms with Gasteiger partial charge in [0.1, 0.15) is 0 Å². The van der Waals surface area contributed by atoms with Gasteiger partial charge in [-0.05, 0) is 30.5 Å². The van der Waals surface area contributed by atoms with Crippen molar-refractivity contribution in [3.8, 4) is 0 Å². The number of benzene rings is 1. The molecule has 0 heterocycles. The van der Waals surface area contributed by atoms with Crippen LogP contribution in [0.25, 0.3) is 0 Å². The lowest BCUT2D eigenvalue weighted by Crippen LogP contribution is -2.44. The molecule has 0 spiro atoms. The van der Waals surface area contributed by atoms with Gasteiger partial charge in [-0.2, -0.15) is 0 Å². The number of carbonyl (C=O) groups is 1. The van der Waals surface area contributed by atoms with Crippen molar-refractivity contribution in [2.75, 3.05) is 13.6 Å². The SMILES string of the molecule is CN(Cc1ccc(Cl)cc1)C(=O)C1(CN)CCCC1. The number of nitrogens with zero attached hydrogens (tertiary/aromatic N) is 1. The van der Waals surface area contributed by atoms with E-state index in [1.165, 1.54) is 0 Å². The first-order valence-electron chi connectivity index (χ1n) is 6.77. The highest BCUT2D eigenvalue weighted by atomic mass is 35.5. The molecule has 2 rings (SSSR count). The normalized spacial score (nSPS) is 17.4. The van der Waals surface area contributed by atoms with E-state index in [1.807, 2.05) is 31.3 Å². The number of halogens is 1. The van der Waals surface area contributed by atoms with Crippen LogP contribution in [0.15, 0.2) is 24.3 Å². The lowest BCUT2D eigenvalue weighted by molar-refractivity contribution is -0.140. The standard InChI is InChI=1S/C15H21ClN2O/c1-18(10-12-4-6-13(16)7-5-12)14(19)15(11-17)8-2-3-9-15/h4-7H,2-3,8-11,17H2,1H3. The molecular formula is C15H21ClN2O. The Hall–Kier alpha value is -1.06. The van der Waals surface area contributed by atoms with E-state index >= 15 is 0 Å². The van der Waals surface area contributed by atoms with Gasteiger partial charge in [0.05, 0.1) is 5.41 Å². The average Bonchev–Trinajstić information content (AvgIpc) is 2.90. The maximum absolute atomic E-state index is 12.6. The second-order valence-corrected chi connectivity index (χ2v) is 5.92. The Morgan fingerprint density at radius 2 is 1.89 bits per heavy atom. The summed E-state index contributed by atoms with van der Waals surface area (Å²) >= 11 is 5.86. The van der Waals surface area contributed by atoms with Gasteiger partial charge in [0.25, 0.3) is 0 Å². The predicted molar refractivity (Wildman–Crippen MR) is 77.9 cm³/mol. The number of hydrogen-bond donors (Lipinski definition) is 1. The van der Waals surface area contributed by atoms with Crippen LogP contribution in [0.1, 0.15) is 31.2 Å². The highest BCUT2D eigenvalue weighted by Gasteiger charge is 2.41. The minimum Gasteiger partial charge on any atom is -0.341 e. The Bertz CT molecular complexity index is 438. The summed E-state index contributed by atoms with van der Waals surface area (Å²) in [5.74, 6) is 0.183. The van der Waals surface area contributed by atoms with Crippen molar-refractivity contribution in [1.29, 1.82) is 0 Å². The van der Waals surface area contributed by atoms with E-state index in [9.17, 15) is 4.79 Å². The summed E-state index contributed by atoms with van der Waals surface area (Å²) in [6.45, 7) is 1.06. The Balaban J connectivity index is 2.04. The van der Waals surface area contributed by atoms with Crippen molar-refractivity contribution in [1.82, 2.24) is 4.90 Å². The van der Waals surface area contributed by atoms with Gasteiger partial charge in [-0.15, -0.1) is 0 Å². The molecule has 1 fully saturated rings. The van der Waals surface area contributed by atoms with Crippen LogP contribution in [0.2, 0.25) is 5.02 Å². The van der Waals surface area contributed by atoms with Gasteiger partial charge in [0.2, 0.25) is 5.91 Å². The molecule has 1 aromatic carbocycles. The molecule has 0 radical (unpaired) electrons. The molecule has 104 valence electrons. The van der Waals surface area contributed by atoms with Crippen LogP contribution in [-0.2, 0) is 11.3 Å². The van der Waals surface area contributed by atoms with E-state index in [0.717, 1.165) is 31.2 Å². The summed E-state index contributed by atoms with van der Waals surface area (Å²) in [5, 5.41) is 0.715. The monoisotopic (exact) mass is 280 g/mol. The van der Waals surface area contributed by atoms with Gasteiger partial charge < -0.3 is 10.6 Å². The number of rotatable bonds is 4. The summed E-state index contributed by atoms with van der Waals surface area (Å²) in [6.07, 6.45) is 4.07. The fraction of sp³-hybridized carbons (Fsp3) is 0.533. The van der Waals surface area contributed by atoms with Crippen molar-refractivity contribution in [2.24, 2.45) is 11.1 Å². The summed E-state index contributed by atoms with van der Waals surface area (Å²) < 4.78 is 0. The molecule has 1 aliphatic carbocycles. The lowest BCUT2D eigenvalue weighted by atomic mass is 9.84. The van der Waals surface area contributed by atoms with Gasteiger partial charge in [0.15, 0.2) is 0 Å². The second kappa shape index (κ2) is 5.93. The minimum atomic E-state index is -0.318. The third kappa shape index (κ3) is 3.10. The maximum atomic E-state index is 12.6. The highest BCUT2D eigenvalue weighted by molar-refractivity contribution is 6.30. The predicted octanol–water partition coefficient (Wildman–Crippen LogP) is 2.82. The molecular weight excluding hydrogens is 260 g/mol. The van der Waals surface area contributed by atoms with Crippen molar-refractivity contribution >= 4 is 17.5 Å². The lowest BCUT2D eigenvalue weighted by Gasteiger charge is -2.31. The van der Waals surface area contributed by atoms with Gasteiger partial charge in [-0.3, -0.25) is 4.79 Å². The Labute approximate surface area is 119 Å². The van der Waals surface area contributed by atoms with E-state index in [1.54, 1.807) is 4.90 Å². The summed E-state index contributed by atoms with van der Waals surface area (Å²) in [7, 11) is 1.85. The van der Waals surface area contributed by atoms with E-state index in [2.05, 4.69) is 0 Å². The molecule has 0 unspecified atom stereocenters. The molecule has 1 aliphatic rings. The molecule has 1 saturated carbocycles. The highest BCUT2D eigenvalue weighted by Crippen LogP contribution is 2.38. The third-order valence-corrected chi connectivity index (χ3v) is 4.34. The topological polar surface area (TPSA) is 46.3 Å². The smallest absolute Gasteiger partial charge is 0.230 e. The zero-order valence-electron chi connectivity index (χ0n) is 11.4. The molecule has 0 aromatic heterocycles. The fourth-order valence-electron chi connectivity index (χ4n) is 2.90. The number of hydrogen-bond acceptors (Lipinski definition) is 2. The molecule has 3 nitrogen and oxygen atoms in total. The zero-order valence-corrected chi connectivity index (χ0v) is 12.1. The Morgan fingerprint density at radius 1 is 1.32 bits per heavy atom. The molecule has 4 heteroatoms. The molecule has 1 amide bonds. The average molecular weight is 281 g/mol. The van der Waals surface area contributed by atoms with Crippen molar-refractivity contribution in [2.45, 2.75) is 32.2 Å². The number of nitrogens with two attached hydrogens (primary N) is 1. The van der Waals surface area contributed by atoms with Gasteiger partial charge in [0, 0.05) is 25.2 Å². The number of amides is 1. The van der Waals surface area contributed by atoms with Crippen LogP contribution in [0.4, 0.5) is 0 Å². The first-order valence-corrected chi connectivity index (χ1v) is 7.15. The van der Waals surface area contributed by atoms with Crippen LogP contribution in [0.5, 0.6) is 0 Å². The van der Waals surface area contributed by atoms with Crippen molar-refractivity contribution in [3.63, 3.8) is 0 Å². The Kier molecular flexibility index (Phi) is 4.48. The zero-order chi connectivity index (χ0) is 13.9. The van der Waals surface area contributed by atoms with E-state index in [0.29, 0.717) is 18.1 Å². The minimum absolute atomic E-state index is 0.183. The molecule has 0 bridgehead atoms. The fourth-order valence-corrected chi connectivity index (χ4v) is 3.02. The first-order chi connectivity index (χ1) is 9.07. The van der Waals surface area contributed by atoms with Gasteiger partial charge >= 0.3 is 0 Å². The van der Waals surface area contributed by atoms with Crippen molar-refractivity contribution in [3.05, 3.63) is 34.9 Å². The molecule has 1 aromatic rings. The molecule has 0 saturated heterocycles. The van der Waals surface area contributed by atoms with E-state index < -0.39 is 0 Å². The van der Waals surface area contributed by atoms with Crippen LogP contribution in [0, 0.1) is 5.41 Å². The Morgan fingerprint density at radius 3 is 2.42 bits per heavy atom. The van der Waals surface area contributed by atoms with Crippen LogP contribution in [-0.4, -0.2) is 24.4 Å². The molecule has 0 atom stereocenters. The maximum Gasteiger partial charge on any atom is 0.230 e. The number of carbonyl (C=O) groups excluding carboxylic acids is 1. The second-order valence-electron chi connectivity index (χ2n) is 5.48. The quantitative estimate of drug-likeness (QED) is 0.922. The van der Waals surface area contributed by atoms with Crippen LogP contribution < -0.4 is 5.73 Å². The van der Waals surface area contributed by atoms with Crippen LogP contribution >= 0.6 is 11.6 Å². The molecule has 2 N–H and O–H groups in total. The van der Waals surface area contributed by atoms with E-state index in [4.69, 9.17) is 17.3 Å². The molecule has 0 aliphatic heterocycles. The van der Waals surface area contributed by atoms with Crippen molar-refractivity contribution < 1.29 is 4.79 Å². The summed E-state index contributed by atoms with van der Waals surface area (Å²) in [6, 6.07) is 7.61. The third-order valence-electron chi connectivity index (χ3n) is 4.08. The van der Waals surface area contributed by atoms with Gasteiger partial charge in [-0.25, -0.2) is 0 Å². The largest absolute Gasteiger partial charge is 0.341 e. The van der Waals surface area contributed by atoms with Gasteiger partial charge in [-0.1, -0.05) is 36.6 Å².